The molecule has 1 fully saturated rings. The molecule has 3 heteroatoms. The van der Waals surface area contributed by atoms with Gasteiger partial charge >= 0.3 is 0 Å². The van der Waals surface area contributed by atoms with E-state index in [1.165, 1.54) is 19.3 Å². The summed E-state index contributed by atoms with van der Waals surface area (Å²) in [5.74, 6) is 0.688. The van der Waals surface area contributed by atoms with Crippen molar-refractivity contribution in [3.63, 3.8) is 0 Å². The van der Waals surface area contributed by atoms with Crippen molar-refractivity contribution in [2.75, 3.05) is 33.3 Å². The van der Waals surface area contributed by atoms with Gasteiger partial charge in [0.15, 0.2) is 0 Å². The van der Waals surface area contributed by atoms with Gasteiger partial charge in [-0.15, -0.1) is 0 Å². The van der Waals surface area contributed by atoms with Crippen molar-refractivity contribution < 1.29 is 4.74 Å². The van der Waals surface area contributed by atoms with Gasteiger partial charge in [-0.1, -0.05) is 13.8 Å². The van der Waals surface area contributed by atoms with E-state index in [1.54, 1.807) is 0 Å². The van der Waals surface area contributed by atoms with Crippen molar-refractivity contribution in [2.45, 2.75) is 52.2 Å². The Bertz CT molecular complexity index is 193. The van der Waals surface area contributed by atoms with E-state index < -0.39 is 0 Å². The highest BCUT2D eigenvalue weighted by atomic mass is 16.5. The van der Waals surface area contributed by atoms with Crippen molar-refractivity contribution in [1.82, 2.24) is 10.2 Å². The number of likely N-dealkylation sites (N-methyl/N-ethyl adjacent to an activating group) is 1. The summed E-state index contributed by atoms with van der Waals surface area (Å²) in [5.41, 5.74) is 0. The maximum absolute atomic E-state index is 5.69. The van der Waals surface area contributed by atoms with Crippen LogP contribution in [0, 0.1) is 5.92 Å². The summed E-state index contributed by atoms with van der Waals surface area (Å²) in [6.07, 6.45) is 4.16. The van der Waals surface area contributed by atoms with Crippen LogP contribution in [0.2, 0.25) is 0 Å². The lowest BCUT2D eigenvalue weighted by molar-refractivity contribution is 0.0616. The summed E-state index contributed by atoms with van der Waals surface area (Å²) in [6, 6.07) is 0.614. The standard InChI is InChI=1S/C14H30N2O/c1-5-8-15-10-12(2)13(3)16(4)11-14-7-6-9-17-14/h12-15H,5-11H2,1-4H3. The molecule has 1 aliphatic rings. The van der Waals surface area contributed by atoms with Gasteiger partial charge in [0.1, 0.15) is 0 Å². The Hall–Kier alpha value is -0.120. The van der Waals surface area contributed by atoms with E-state index in [4.69, 9.17) is 4.74 Å². The molecule has 1 saturated heterocycles. The lowest BCUT2D eigenvalue weighted by Gasteiger charge is -2.31. The average Bonchev–Trinajstić information content (AvgIpc) is 2.81. The van der Waals surface area contributed by atoms with Crippen molar-refractivity contribution in [3.05, 3.63) is 0 Å². The summed E-state index contributed by atoms with van der Waals surface area (Å²) in [6.45, 7) is 11.2. The first-order valence-electron chi connectivity index (χ1n) is 7.17. The van der Waals surface area contributed by atoms with Crippen LogP contribution in [0.15, 0.2) is 0 Å². The Labute approximate surface area is 107 Å². The minimum atomic E-state index is 0.471. The first-order chi connectivity index (χ1) is 8.15. The summed E-state index contributed by atoms with van der Waals surface area (Å²) in [7, 11) is 2.22. The van der Waals surface area contributed by atoms with Crippen LogP contribution in [0.3, 0.4) is 0 Å². The zero-order chi connectivity index (χ0) is 12.7. The van der Waals surface area contributed by atoms with Gasteiger partial charge in [-0.05, 0) is 52.2 Å². The predicted octanol–water partition coefficient (Wildman–Crippen LogP) is 2.12. The van der Waals surface area contributed by atoms with E-state index in [9.17, 15) is 0 Å². The molecule has 0 aliphatic carbocycles. The molecule has 1 rings (SSSR count). The molecule has 0 bridgehead atoms. The third-order valence-electron chi connectivity index (χ3n) is 3.93. The number of nitrogens with zero attached hydrogens (tertiary/aromatic N) is 1. The van der Waals surface area contributed by atoms with E-state index in [2.05, 4.69) is 38.0 Å². The average molecular weight is 242 g/mol. The molecule has 0 radical (unpaired) electrons. The van der Waals surface area contributed by atoms with Crippen LogP contribution in [0.5, 0.6) is 0 Å². The SMILES string of the molecule is CCCNCC(C)C(C)N(C)CC1CCCO1. The van der Waals surface area contributed by atoms with Crippen LogP contribution in [0.1, 0.15) is 40.0 Å². The third kappa shape index (κ3) is 5.36. The van der Waals surface area contributed by atoms with E-state index in [1.807, 2.05) is 0 Å². The molecule has 1 aliphatic heterocycles. The molecule has 3 nitrogen and oxygen atoms in total. The zero-order valence-electron chi connectivity index (χ0n) is 12.0. The molecule has 0 amide bonds. The van der Waals surface area contributed by atoms with Crippen LogP contribution in [-0.4, -0.2) is 50.3 Å². The van der Waals surface area contributed by atoms with Crippen LogP contribution >= 0.6 is 0 Å². The van der Waals surface area contributed by atoms with E-state index >= 15 is 0 Å². The molecule has 102 valence electrons. The van der Waals surface area contributed by atoms with Crippen LogP contribution in [0.4, 0.5) is 0 Å². The Morgan fingerprint density at radius 1 is 1.41 bits per heavy atom. The molecule has 0 saturated carbocycles. The molecule has 3 unspecified atom stereocenters. The highest BCUT2D eigenvalue weighted by Crippen LogP contribution is 2.16. The number of hydrogen-bond donors (Lipinski definition) is 1. The fourth-order valence-electron chi connectivity index (χ4n) is 2.39. The van der Waals surface area contributed by atoms with Crippen LogP contribution < -0.4 is 5.32 Å². The largest absolute Gasteiger partial charge is 0.377 e. The van der Waals surface area contributed by atoms with Crippen molar-refractivity contribution >= 4 is 0 Å². The molecular formula is C14H30N2O. The van der Waals surface area contributed by atoms with E-state index in [0.29, 0.717) is 18.1 Å². The monoisotopic (exact) mass is 242 g/mol. The second-order valence-electron chi connectivity index (χ2n) is 5.50. The van der Waals surface area contributed by atoms with E-state index in [0.717, 1.165) is 26.2 Å². The van der Waals surface area contributed by atoms with Gasteiger partial charge in [-0.25, -0.2) is 0 Å². The lowest BCUT2D eigenvalue weighted by atomic mass is 10.0. The quantitative estimate of drug-likeness (QED) is 0.660. The molecule has 17 heavy (non-hydrogen) atoms. The second-order valence-corrected chi connectivity index (χ2v) is 5.50. The van der Waals surface area contributed by atoms with Gasteiger partial charge in [-0.2, -0.15) is 0 Å². The van der Waals surface area contributed by atoms with Crippen molar-refractivity contribution in [1.29, 1.82) is 0 Å². The minimum absolute atomic E-state index is 0.471. The van der Waals surface area contributed by atoms with Gasteiger partial charge in [0.2, 0.25) is 0 Å². The van der Waals surface area contributed by atoms with Gasteiger partial charge < -0.3 is 15.0 Å². The fourth-order valence-corrected chi connectivity index (χ4v) is 2.39. The molecule has 0 aromatic carbocycles. The number of nitrogens with one attached hydrogen (secondary N) is 1. The summed E-state index contributed by atoms with van der Waals surface area (Å²) in [5, 5.41) is 3.51. The maximum atomic E-state index is 5.69. The Morgan fingerprint density at radius 2 is 2.18 bits per heavy atom. The number of hydrogen-bond acceptors (Lipinski definition) is 3. The second kappa shape index (κ2) is 8.06. The van der Waals surface area contributed by atoms with Crippen LogP contribution in [-0.2, 0) is 4.74 Å². The van der Waals surface area contributed by atoms with Gasteiger partial charge in [0.25, 0.3) is 0 Å². The highest BCUT2D eigenvalue weighted by Gasteiger charge is 2.22. The maximum Gasteiger partial charge on any atom is 0.0702 e. The molecule has 0 spiro atoms. The van der Waals surface area contributed by atoms with Crippen molar-refractivity contribution in [2.24, 2.45) is 5.92 Å². The smallest absolute Gasteiger partial charge is 0.0702 e. The molecule has 3 atom stereocenters. The zero-order valence-corrected chi connectivity index (χ0v) is 12.0. The summed E-state index contributed by atoms with van der Waals surface area (Å²) in [4.78, 5) is 2.45. The normalized spacial score (nSPS) is 24.2. The first-order valence-corrected chi connectivity index (χ1v) is 7.17. The molecule has 1 N–H and O–H groups in total. The first kappa shape index (κ1) is 14.9. The molecule has 0 aromatic rings. The molecule has 1 heterocycles. The lowest BCUT2D eigenvalue weighted by Crippen LogP contribution is -2.42. The topological polar surface area (TPSA) is 24.5 Å². The highest BCUT2D eigenvalue weighted by molar-refractivity contribution is 4.76. The summed E-state index contributed by atoms with van der Waals surface area (Å²) < 4.78 is 5.69. The molecule has 0 aromatic heterocycles. The fraction of sp³-hybridized carbons (Fsp3) is 1.00. The number of ether oxygens (including phenoxy) is 1. The Kier molecular flexibility index (Phi) is 7.09. The molecular weight excluding hydrogens is 212 g/mol. The van der Waals surface area contributed by atoms with Gasteiger partial charge in [0.05, 0.1) is 6.10 Å². The minimum Gasteiger partial charge on any atom is -0.377 e. The van der Waals surface area contributed by atoms with E-state index in [-0.39, 0.29) is 0 Å². The van der Waals surface area contributed by atoms with Gasteiger partial charge in [-0.3, -0.25) is 0 Å². The Balaban J connectivity index is 2.21. The summed E-state index contributed by atoms with van der Waals surface area (Å²) >= 11 is 0. The van der Waals surface area contributed by atoms with Crippen LogP contribution in [0.25, 0.3) is 0 Å². The van der Waals surface area contributed by atoms with Gasteiger partial charge in [0, 0.05) is 19.2 Å². The third-order valence-corrected chi connectivity index (χ3v) is 3.93. The predicted molar refractivity (Wildman–Crippen MR) is 73.4 cm³/mol. The van der Waals surface area contributed by atoms with Crippen molar-refractivity contribution in [3.8, 4) is 0 Å². The number of rotatable bonds is 8. The Morgan fingerprint density at radius 3 is 2.76 bits per heavy atom.